The summed E-state index contributed by atoms with van der Waals surface area (Å²) in [6.07, 6.45) is 0. The van der Waals surface area contributed by atoms with Crippen LogP contribution in [0.15, 0.2) is 48.5 Å². The van der Waals surface area contributed by atoms with E-state index >= 15 is 0 Å². The minimum atomic E-state index is -0.553. The van der Waals surface area contributed by atoms with Gasteiger partial charge in [0, 0.05) is 11.5 Å². The lowest BCUT2D eigenvalue weighted by atomic mass is 10.0. The van der Waals surface area contributed by atoms with E-state index < -0.39 is 5.97 Å². The Balaban J connectivity index is 2.20. The standard InChI is InChI=1S/C16H12O3/c1-19-16(18)11-4-12-2-5-13(6-3-12)14-7-9-15(17)10-8-14/h2-3,5-10,17H,1H3. The van der Waals surface area contributed by atoms with Gasteiger partial charge in [0.05, 0.1) is 7.11 Å². The van der Waals surface area contributed by atoms with Crippen LogP contribution >= 0.6 is 0 Å². The second-order valence-corrected chi connectivity index (χ2v) is 3.87. The molecule has 19 heavy (non-hydrogen) atoms. The average Bonchev–Trinajstić information content (AvgIpc) is 2.46. The van der Waals surface area contributed by atoms with Gasteiger partial charge in [-0.1, -0.05) is 30.2 Å². The van der Waals surface area contributed by atoms with Gasteiger partial charge in [0.1, 0.15) is 5.75 Å². The molecular formula is C16H12O3. The molecule has 0 saturated heterocycles. The van der Waals surface area contributed by atoms with Crippen molar-refractivity contribution in [1.82, 2.24) is 0 Å². The zero-order valence-corrected chi connectivity index (χ0v) is 10.4. The zero-order chi connectivity index (χ0) is 13.7. The van der Waals surface area contributed by atoms with Crippen molar-refractivity contribution in [3.05, 3.63) is 54.1 Å². The Bertz CT molecular complexity index is 628. The first kappa shape index (κ1) is 12.7. The largest absolute Gasteiger partial charge is 0.508 e. The molecule has 0 bridgehead atoms. The van der Waals surface area contributed by atoms with E-state index in [0.29, 0.717) is 0 Å². The number of phenols is 1. The Morgan fingerprint density at radius 2 is 1.53 bits per heavy atom. The molecule has 0 heterocycles. The molecule has 94 valence electrons. The van der Waals surface area contributed by atoms with Crippen molar-refractivity contribution in [3.8, 4) is 28.7 Å². The van der Waals surface area contributed by atoms with E-state index in [-0.39, 0.29) is 5.75 Å². The quantitative estimate of drug-likeness (QED) is 0.626. The van der Waals surface area contributed by atoms with Crippen LogP contribution in [0, 0.1) is 11.8 Å². The number of aromatic hydroxyl groups is 1. The van der Waals surface area contributed by atoms with Crippen LogP contribution < -0.4 is 0 Å². The van der Waals surface area contributed by atoms with Gasteiger partial charge >= 0.3 is 5.97 Å². The predicted octanol–water partition coefficient (Wildman–Crippen LogP) is 2.58. The lowest BCUT2D eigenvalue weighted by molar-refractivity contribution is -0.133. The van der Waals surface area contributed by atoms with Crippen molar-refractivity contribution >= 4 is 5.97 Å². The molecular weight excluding hydrogens is 240 g/mol. The van der Waals surface area contributed by atoms with Crippen LogP contribution in [0.2, 0.25) is 0 Å². The Kier molecular flexibility index (Phi) is 3.84. The molecule has 3 heteroatoms. The van der Waals surface area contributed by atoms with Crippen molar-refractivity contribution in [3.63, 3.8) is 0 Å². The van der Waals surface area contributed by atoms with Crippen LogP contribution in [-0.2, 0) is 9.53 Å². The van der Waals surface area contributed by atoms with Crippen LogP contribution in [0.5, 0.6) is 5.75 Å². The smallest absolute Gasteiger partial charge is 0.384 e. The fraction of sp³-hybridized carbons (Fsp3) is 0.0625. The van der Waals surface area contributed by atoms with Crippen LogP contribution in [0.1, 0.15) is 5.56 Å². The number of esters is 1. The summed E-state index contributed by atoms with van der Waals surface area (Å²) in [6.45, 7) is 0. The maximum absolute atomic E-state index is 10.9. The Hall–Kier alpha value is -2.73. The maximum atomic E-state index is 10.9. The van der Waals surface area contributed by atoms with Crippen LogP contribution in [-0.4, -0.2) is 18.2 Å². The number of carbonyl (C=O) groups is 1. The summed E-state index contributed by atoms with van der Waals surface area (Å²) in [7, 11) is 1.30. The molecule has 0 aliphatic rings. The highest BCUT2D eigenvalue weighted by atomic mass is 16.5. The van der Waals surface area contributed by atoms with Gasteiger partial charge in [-0.3, -0.25) is 0 Å². The van der Waals surface area contributed by atoms with Gasteiger partial charge in [-0.2, -0.15) is 0 Å². The molecule has 3 nitrogen and oxygen atoms in total. The zero-order valence-electron chi connectivity index (χ0n) is 10.4. The molecule has 2 aromatic carbocycles. The lowest BCUT2D eigenvalue weighted by Crippen LogP contribution is -1.94. The van der Waals surface area contributed by atoms with Crippen molar-refractivity contribution in [1.29, 1.82) is 0 Å². The molecule has 0 atom stereocenters. The van der Waals surface area contributed by atoms with Gasteiger partial charge in [-0.05, 0) is 35.4 Å². The Morgan fingerprint density at radius 3 is 2.05 bits per heavy atom. The molecule has 0 aliphatic heterocycles. The first-order chi connectivity index (χ1) is 9.19. The topological polar surface area (TPSA) is 46.5 Å². The minimum Gasteiger partial charge on any atom is -0.508 e. The highest BCUT2D eigenvalue weighted by molar-refractivity contribution is 5.89. The van der Waals surface area contributed by atoms with E-state index in [1.807, 2.05) is 36.4 Å². The lowest BCUT2D eigenvalue weighted by Gasteiger charge is -2.01. The summed E-state index contributed by atoms with van der Waals surface area (Å²) >= 11 is 0. The van der Waals surface area contributed by atoms with E-state index in [1.165, 1.54) is 7.11 Å². The summed E-state index contributed by atoms with van der Waals surface area (Å²) in [5.74, 6) is 4.78. The first-order valence-electron chi connectivity index (χ1n) is 5.68. The van der Waals surface area contributed by atoms with Crippen LogP contribution in [0.3, 0.4) is 0 Å². The third kappa shape index (κ3) is 3.36. The molecule has 0 fully saturated rings. The predicted molar refractivity (Wildman–Crippen MR) is 72.4 cm³/mol. The third-order valence-corrected chi connectivity index (χ3v) is 2.58. The van der Waals surface area contributed by atoms with Crippen molar-refractivity contribution in [2.75, 3.05) is 7.11 Å². The van der Waals surface area contributed by atoms with Crippen LogP contribution in [0.4, 0.5) is 0 Å². The van der Waals surface area contributed by atoms with E-state index in [1.54, 1.807) is 12.1 Å². The summed E-state index contributed by atoms with van der Waals surface area (Å²) < 4.78 is 4.44. The fourth-order valence-corrected chi connectivity index (χ4v) is 1.57. The molecule has 1 N–H and O–H groups in total. The molecule has 2 rings (SSSR count). The van der Waals surface area contributed by atoms with Gasteiger partial charge < -0.3 is 9.84 Å². The first-order valence-corrected chi connectivity index (χ1v) is 5.68. The van der Waals surface area contributed by atoms with Gasteiger partial charge in [0.15, 0.2) is 0 Å². The number of ether oxygens (including phenoxy) is 1. The molecule has 2 aromatic rings. The van der Waals surface area contributed by atoms with Gasteiger partial charge in [-0.15, -0.1) is 0 Å². The number of benzene rings is 2. The van der Waals surface area contributed by atoms with Crippen molar-refractivity contribution in [2.24, 2.45) is 0 Å². The molecule has 0 aromatic heterocycles. The SMILES string of the molecule is COC(=O)C#Cc1ccc(-c2ccc(O)cc2)cc1. The second-order valence-electron chi connectivity index (χ2n) is 3.87. The molecule has 0 unspecified atom stereocenters. The van der Waals surface area contributed by atoms with Crippen molar-refractivity contribution in [2.45, 2.75) is 0 Å². The molecule has 0 saturated carbocycles. The minimum absolute atomic E-state index is 0.240. The summed E-state index contributed by atoms with van der Waals surface area (Å²) in [5.41, 5.74) is 2.77. The van der Waals surface area contributed by atoms with Gasteiger partial charge in [0.2, 0.25) is 0 Å². The number of methoxy groups -OCH3 is 1. The fourth-order valence-electron chi connectivity index (χ4n) is 1.57. The number of rotatable bonds is 1. The summed E-state index contributed by atoms with van der Waals surface area (Å²) in [6, 6.07) is 14.4. The van der Waals surface area contributed by atoms with Crippen molar-refractivity contribution < 1.29 is 14.6 Å². The second kappa shape index (κ2) is 5.74. The number of hydrogen-bond acceptors (Lipinski definition) is 3. The monoisotopic (exact) mass is 252 g/mol. The van der Waals surface area contributed by atoms with E-state index in [0.717, 1.165) is 16.7 Å². The van der Waals surface area contributed by atoms with Gasteiger partial charge in [-0.25, -0.2) is 4.79 Å². The maximum Gasteiger partial charge on any atom is 0.384 e. The Morgan fingerprint density at radius 1 is 1.00 bits per heavy atom. The Labute approximate surface area is 111 Å². The van der Waals surface area contributed by atoms with E-state index in [9.17, 15) is 9.90 Å². The van der Waals surface area contributed by atoms with E-state index in [4.69, 9.17) is 0 Å². The van der Waals surface area contributed by atoms with Crippen LogP contribution in [0.25, 0.3) is 11.1 Å². The molecule has 0 aliphatic carbocycles. The normalized spacial score (nSPS) is 9.32. The molecule has 0 amide bonds. The molecule has 0 spiro atoms. The highest BCUT2D eigenvalue weighted by Gasteiger charge is 1.98. The number of carbonyl (C=O) groups excluding carboxylic acids is 1. The molecule has 0 radical (unpaired) electrons. The highest BCUT2D eigenvalue weighted by Crippen LogP contribution is 2.21. The average molecular weight is 252 g/mol. The van der Waals surface area contributed by atoms with E-state index in [2.05, 4.69) is 16.6 Å². The number of phenolic OH excluding ortho intramolecular Hbond substituents is 1. The third-order valence-electron chi connectivity index (χ3n) is 2.58. The number of hydrogen-bond donors (Lipinski definition) is 1. The summed E-state index contributed by atoms with van der Waals surface area (Å²) in [5, 5.41) is 9.23. The summed E-state index contributed by atoms with van der Waals surface area (Å²) in [4.78, 5) is 10.9. The van der Waals surface area contributed by atoms with Gasteiger partial charge in [0.25, 0.3) is 0 Å².